The Kier molecular flexibility index (Phi) is 5.60. The molecule has 1 fully saturated rings. The minimum Gasteiger partial charge on any atom is -0.338 e. The van der Waals surface area contributed by atoms with Gasteiger partial charge < -0.3 is 10.6 Å². The summed E-state index contributed by atoms with van der Waals surface area (Å²) in [5.74, 6) is 0.269. The maximum Gasteiger partial charge on any atom is 0.223 e. The van der Waals surface area contributed by atoms with E-state index in [1.165, 1.54) is 24.0 Å². The molecule has 20 heavy (non-hydrogen) atoms. The van der Waals surface area contributed by atoms with Gasteiger partial charge in [0.2, 0.25) is 5.91 Å². The third-order valence-electron chi connectivity index (χ3n) is 4.33. The molecule has 1 aliphatic carbocycles. The van der Waals surface area contributed by atoms with Gasteiger partial charge in [-0.05, 0) is 37.3 Å². The van der Waals surface area contributed by atoms with Crippen LogP contribution < -0.4 is 5.73 Å². The molecule has 0 atom stereocenters. The highest BCUT2D eigenvalue weighted by atomic mass is 16.2. The van der Waals surface area contributed by atoms with Crippen LogP contribution in [0.4, 0.5) is 0 Å². The van der Waals surface area contributed by atoms with E-state index in [-0.39, 0.29) is 5.91 Å². The monoisotopic (exact) mass is 274 g/mol. The number of hydrogen-bond donors (Lipinski definition) is 1. The van der Waals surface area contributed by atoms with E-state index in [9.17, 15) is 4.79 Å². The highest BCUT2D eigenvalue weighted by molar-refractivity contribution is 5.77. The average Bonchev–Trinajstić information content (AvgIpc) is 2.97. The van der Waals surface area contributed by atoms with Crippen LogP contribution in [0, 0.1) is 6.92 Å². The molecule has 3 heteroatoms. The largest absolute Gasteiger partial charge is 0.338 e. The molecule has 110 valence electrons. The molecule has 1 aliphatic rings. The lowest BCUT2D eigenvalue weighted by atomic mass is 10.0. The molecule has 0 spiro atoms. The molecule has 0 saturated heterocycles. The highest BCUT2D eigenvalue weighted by Crippen LogP contribution is 2.24. The number of carbonyl (C=O) groups excluding carboxylic acids is 1. The van der Waals surface area contributed by atoms with E-state index in [1.54, 1.807) is 0 Å². The number of aryl methyl sites for hydroxylation is 2. The summed E-state index contributed by atoms with van der Waals surface area (Å²) in [6.07, 6.45) is 6.22. The third-order valence-corrected chi connectivity index (χ3v) is 4.33. The normalized spacial score (nSPS) is 15.5. The van der Waals surface area contributed by atoms with Crippen molar-refractivity contribution in [2.24, 2.45) is 5.73 Å². The van der Waals surface area contributed by atoms with Gasteiger partial charge in [-0.1, -0.05) is 37.1 Å². The average molecular weight is 274 g/mol. The zero-order valence-electron chi connectivity index (χ0n) is 12.5. The van der Waals surface area contributed by atoms with Gasteiger partial charge in [-0.3, -0.25) is 4.79 Å². The molecular weight excluding hydrogens is 248 g/mol. The van der Waals surface area contributed by atoms with Gasteiger partial charge in [-0.25, -0.2) is 0 Å². The molecule has 0 aliphatic heterocycles. The van der Waals surface area contributed by atoms with Crippen LogP contribution >= 0.6 is 0 Å². The molecule has 1 aromatic rings. The smallest absolute Gasteiger partial charge is 0.223 e. The molecule has 0 unspecified atom stereocenters. The summed E-state index contributed by atoms with van der Waals surface area (Å²) in [4.78, 5) is 14.5. The number of nitrogens with two attached hydrogens (primary N) is 1. The summed E-state index contributed by atoms with van der Waals surface area (Å²) in [5, 5.41) is 0. The first kappa shape index (κ1) is 15.0. The number of benzene rings is 1. The van der Waals surface area contributed by atoms with E-state index in [0.717, 1.165) is 19.3 Å². The molecule has 1 saturated carbocycles. The van der Waals surface area contributed by atoms with Crippen molar-refractivity contribution in [2.75, 3.05) is 13.1 Å². The van der Waals surface area contributed by atoms with Gasteiger partial charge in [-0.2, -0.15) is 0 Å². The molecular formula is C17H26N2O. The van der Waals surface area contributed by atoms with Gasteiger partial charge in [0.05, 0.1) is 0 Å². The number of rotatable bonds is 6. The Morgan fingerprint density at radius 2 is 2.00 bits per heavy atom. The van der Waals surface area contributed by atoms with Crippen LogP contribution in [0.5, 0.6) is 0 Å². The van der Waals surface area contributed by atoms with Gasteiger partial charge in [0.1, 0.15) is 0 Å². The van der Waals surface area contributed by atoms with E-state index in [1.807, 2.05) is 17.0 Å². The third kappa shape index (κ3) is 3.83. The zero-order valence-corrected chi connectivity index (χ0v) is 12.5. The number of amides is 1. The Labute approximate surface area is 122 Å². The standard InChI is InChI=1S/C17H26N2O/c1-14-6-2-3-7-15(14)10-11-17(20)19(13-12-18)16-8-4-5-9-16/h2-3,6-7,16H,4-5,8-13,18H2,1H3. The van der Waals surface area contributed by atoms with Crippen LogP contribution in [-0.4, -0.2) is 29.9 Å². The fourth-order valence-corrected chi connectivity index (χ4v) is 3.14. The van der Waals surface area contributed by atoms with Gasteiger partial charge in [0, 0.05) is 25.6 Å². The Hall–Kier alpha value is -1.35. The molecule has 0 bridgehead atoms. The minimum absolute atomic E-state index is 0.269. The van der Waals surface area contributed by atoms with E-state index in [2.05, 4.69) is 19.1 Å². The van der Waals surface area contributed by atoms with Crippen molar-refractivity contribution in [3.05, 3.63) is 35.4 Å². The second-order valence-corrected chi connectivity index (χ2v) is 5.74. The summed E-state index contributed by atoms with van der Waals surface area (Å²) >= 11 is 0. The fraction of sp³-hybridized carbons (Fsp3) is 0.588. The minimum atomic E-state index is 0.269. The summed E-state index contributed by atoms with van der Waals surface area (Å²) in [7, 11) is 0. The molecule has 0 heterocycles. The Morgan fingerprint density at radius 1 is 1.30 bits per heavy atom. The first-order valence-electron chi connectivity index (χ1n) is 7.76. The first-order chi connectivity index (χ1) is 9.72. The lowest BCUT2D eigenvalue weighted by molar-refractivity contribution is -0.133. The first-order valence-corrected chi connectivity index (χ1v) is 7.76. The second kappa shape index (κ2) is 7.44. The Balaban J connectivity index is 1.93. The zero-order chi connectivity index (χ0) is 14.4. The van der Waals surface area contributed by atoms with Crippen LogP contribution in [0.25, 0.3) is 0 Å². The summed E-state index contributed by atoms with van der Waals surface area (Å²) in [6, 6.07) is 8.74. The van der Waals surface area contributed by atoms with Gasteiger partial charge in [-0.15, -0.1) is 0 Å². The van der Waals surface area contributed by atoms with Crippen molar-refractivity contribution in [3.63, 3.8) is 0 Å². The SMILES string of the molecule is Cc1ccccc1CCC(=O)N(CCN)C1CCCC1. The second-order valence-electron chi connectivity index (χ2n) is 5.74. The lowest BCUT2D eigenvalue weighted by Crippen LogP contribution is -2.42. The molecule has 0 radical (unpaired) electrons. The van der Waals surface area contributed by atoms with Gasteiger partial charge in [0.15, 0.2) is 0 Å². The molecule has 0 aromatic heterocycles. The predicted molar refractivity (Wildman–Crippen MR) is 82.5 cm³/mol. The number of hydrogen-bond acceptors (Lipinski definition) is 2. The van der Waals surface area contributed by atoms with Crippen molar-refractivity contribution < 1.29 is 4.79 Å². The summed E-state index contributed by atoms with van der Waals surface area (Å²) in [5.41, 5.74) is 8.22. The maximum absolute atomic E-state index is 12.5. The van der Waals surface area contributed by atoms with Crippen LogP contribution in [0.2, 0.25) is 0 Å². The molecule has 2 rings (SSSR count). The highest BCUT2D eigenvalue weighted by Gasteiger charge is 2.25. The lowest BCUT2D eigenvalue weighted by Gasteiger charge is -2.28. The van der Waals surface area contributed by atoms with Crippen molar-refractivity contribution in [1.82, 2.24) is 4.90 Å². The fourth-order valence-electron chi connectivity index (χ4n) is 3.14. The topological polar surface area (TPSA) is 46.3 Å². The van der Waals surface area contributed by atoms with Crippen molar-refractivity contribution in [3.8, 4) is 0 Å². The van der Waals surface area contributed by atoms with Gasteiger partial charge in [0.25, 0.3) is 0 Å². The quantitative estimate of drug-likeness (QED) is 0.867. The van der Waals surface area contributed by atoms with Crippen LogP contribution in [0.3, 0.4) is 0 Å². The van der Waals surface area contributed by atoms with Gasteiger partial charge >= 0.3 is 0 Å². The van der Waals surface area contributed by atoms with Crippen LogP contribution in [0.1, 0.15) is 43.2 Å². The molecule has 2 N–H and O–H groups in total. The Bertz CT molecular complexity index is 438. The van der Waals surface area contributed by atoms with Crippen molar-refractivity contribution >= 4 is 5.91 Å². The van der Waals surface area contributed by atoms with E-state index in [0.29, 0.717) is 25.6 Å². The molecule has 3 nitrogen and oxygen atoms in total. The number of carbonyl (C=O) groups is 1. The van der Waals surface area contributed by atoms with Crippen LogP contribution in [-0.2, 0) is 11.2 Å². The Morgan fingerprint density at radius 3 is 2.65 bits per heavy atom. The predicted octanol–water partition coefficient (Wildman–Crippen LogP) is 2.66. The number of nitrogens with zero attached hydrogens (tertiary/aromatic N) is 1. The van der Waals surface area contributed by atoms with E-state index in [4.69, 9.17) is 5.73 Å². The molecule has 1 aromatic carbocycles. The van der Waals surface area contributed by atoms with Crippen molar-refractivity contribution in [2.45, 2.75) is 51.5 Å². The summed E-state index contributed by atoms with van der Waals surface area (Å²) < 4.78 is 0. The van der Waals surface area contributed by atoms with Crippen molar-refractivity contribution in [1.29, 1.82) is 0 Å². The maximum atomic E-state index is 12.5. The summed E-state index contributed by atoms with van der Waals surface area (Å²) in [6.45, 7) is 3.37. The van der Waals surface area contributed by atoms with E-state index >= 15 is 0 Å². The van der Waals surface area contributed by atoms with Crippen LogP contribution in [0.15, 0.2) is 24.3 Å². The molecule has 1 amide bonds. The van der Waals surface area contributed by atoms with E-state index < -0.39 is 0 Å².